The maximum absolute atomic E-state index is 13.8. The fourth-order valence-corrected chi connectivity index (χ4v) is 9.01. The summed E-state index contributed by atoms with van der Waals surface area (Å²) in [5, 5.41) is 2.81. The molecule has 2 heterocycles. The monoisotopic (exact) mass is 793 g/mol. The molecule has 0 saturated heterocycles. The van der Waals surface area contributed by atoms with Crippen molar-refractivity contribution in [3.8, 4) is 0 Å². The fraction of sp³-hybridized carbons (Fsp3) is 0.560. The number of ether oxygens (including phenoxy) is 2. The van der Waals surface area contributed by atoms with Crippen molar-refractivity contribution in [2.24, 2.45) is 5.92 Å². The summed E-state index contributed by atoms with van der Waals surface area (Å²) < 4.78 is 12.3. The highest BCUT2D eigenvalue weighted by molar-refractivity contribution is 5.86. The standard InChI is InChI=1S/C50H72N4O4/c1-14-31-53-40-25-18-16-23-38(40)48(8,9)42(53)28-27-36-21-20-22-37(29-30-50(12)49(10,11)39-24-17-19-26-41(39)54(50)32-15-2)44(36)57-34-33-52(13)45(55)43(35(3)4)51-46(56)58-47(5,6)7/h16-19,23-30,35,43H,14-15,20-22,31-34H2,1-13H3,(H,51,56)/b30-29+,36-27+,42-28+. The van der Waals surface area contributed by atoms with Gasteiger partial charge in [-0.15, -0.1) is 0 Å². The summed E-state index contributed by atoms with van der Waals surface area (Å²) in [7, 11) is 1.78. The second-order valence-electron chi connectivity index (χ2n) is 19.0. The van der Waals surface area contributed by atoms with Crippen molar-refractivity contribution < 1.29 is 19.1 Å². The molecule has 0 spiro atoms. The molecule has 0 saturated carbocycles. The highest BCUT2D eigenvalue weighted by Gasteiger charge is 2.51. The molecule has 2 aromatic rings. The molecule has 0 fully saturated rings. The SMILES string of the molecule is CCCN1/C(=C/C=C2\CCCC(/C=C/C3(C)N(CCC)c4ccccc4C3(C)C)=C2OCCN(C)C(=O)C(NC(=O)OC(C)(C)C)C(C)C)C(C)(C)c2ccccc21. The topological polar surface area (TPSA) is 74.4 Å². The van der Waals surface area contributed by atoms with Crippen LogP contribution in [0.5, 0.6) is 0 Å². The summed E-state index contributed by atoms with van der Waals surface area (Å²) in [5.74, 6) is 0.608. The molecule has 1 aliphatic carbocycles. The lowest BCUT2D eigenvalue weighted by Gasteiger charge is -2.43. The first kappa shape index (κ1) is 44.6. The summed E-state index contributed by atoms with van der Waals surface area (Å²) in [6.07, 6.45) is 13.7. The molecule has 8 nitrogen and oxygen atoms in total. The Bertz CT molecular complexity index is 1930. The Morgan fingerprint density at radius 3 is 2.17 bits per heavy atom. The lowest BCUT2D eigenvalue weighted by Crippen LogP contribution is -2.52. The molecule has 0 aromatic heterocycles. The average Bonchev–Trinajstić information content (AvgIpc) is 3.47. The van der Waals surface area contributed by atoms with Gasteiger partial charge in [-0.1, -0.05) is 110 Å². The van der Waals surface area contributed by atoms with E-state index in [4.69, 9.17) is 9.47 Å². The normalized spacial score (nSPS) is 21.8. The van der Waals surface area contributed by atoms with Crippen LogP contribution in [0, 0.1) is 5.92 Å². The first-order valence-corrected chi connectivity index (χ1v) is 21.7. The molecule has 2 atom stereocenters. The molecule has 58 heavy (non-hydrogen) atoms. The van der Waals surface area contributed by atoms with Crippen LogP contribution in [-0.2, 0) is 25.1 Å². The number of fused-ring (bicyclic) bond motifs is 2. The van der Waals surface area contributed by atoms with Gasteiger partial charge in [0.2, 0.25) is 5.91 Å². The Morgan fingerprint density at radius 2 is 1.53 bits per heavy atom. The highest BCUT2D eigenvalue weighted by Crippen LogP contribution is 2.53. The summed E-state index contributed by atoms with van der Waals surface area (Å²) >= 11 is 0. The van der Waals surface area contributed by atoms with Crippen molar-refractivity contribution in [2.45, 2.75) is 143 Å². The quantitative estimate of drug-likeness (QED) is 0.205. The van der Waals surface area contributed by atoms with Gasteiger partial charge in [-0.25, -0.2) is 4.79 Å². The summed E-state index contributed by atoms with van der Waals surface area (Å²) in [6, 6.07) is 16.9. The zero-order valence-electron chi connectivity index (χ0n) is 37.9. The second kappa shape index (κ2) is 17.8. The zero-order chi connectivity index (χ0) is 42.6. The van der Waals surface area contributed by atoms with E-state index in [1.165, 1.54) is 39.3 Å². The minimum Gasteiger partial charge on any atom is -0.491 e. The molecule has 1 N–H and O–H groups in total. The molecule has 5 rings (SSSR count). The predicted molar refractivity (Wildman–Crippen MR) is 240 cm³/mol. The molecule has 316 valence electrons. The molecule has 0 radical (unpaired) electrons. The van der Waals surface area contributed by atoms with Crippen LogP contribution >= 0.6 is 0 Å². The number of nitrogens with one attached hydrogen (secondary N) is 1. The maximum atomic E-state index is 13.8. The van der Waals surface area contributed by atoms with Crippen molar-refractivity contribution in [3.05, 3.63) is 107 Å². The third kappa shape index (κ3) is 9.06. The van der Waals surface area contributed by atoms with E-state index in [0.29, 0.717) is 13.2 Å². The number of carbonyl (C=O) groups excluding carboxylic acids is 2. The minimum atomic E-state index is -0.718. The maximum Gasteiger partial charge on any atom is 0.408 e. The summed E-state index contributed by atoms with van der Waals surface area (Å²) in [5.41, 5.74) is 7.79. The lowest BCUT2D eigenvalue weighted by molar-refractivity contribution is -0.133. The number of allylic oxidation sites excluding steroid dienone is 6. The summed E-state index contributed by atoms with van der Waals surface area (Å²) in [4.78, 5) is 33.2. The summed E-state index contributed by atoms with van der Waals surface area (Å²) in [6.45, 7) is 28.2. The third-order valence-corrected chi connectivity index (χ3v) is 12.6. The number of nitrogens with zero attached hydrogens (tertiary/aromatic N) is 3. The van der Waals surface area contributed by atoms with Gasteiger partial charge in [0.1, 0.15) is 24.0 Å². The van der Waals surface area contributed by atoms with Crippen LogP contribution in [0.4, 0.5) is 16.2 Å². The number of amides is 2. The number of benzene rings is 2. The van der Waals surface area contributed by atoms with Crippen LogP contribution in [0.1, 0.15) is 126 Å². The van der Waals surface area contributed by atoms with E-state index in [1.54, 1.807) is 11.9 Å². The number of para-hydroxylation sites is 2. The van der Waals surface area contributed by atoms with Crippen LogP contribution in [0.3, 0.4) is 0 Å². The van der Waals surface area contributed by atoms with Gasteiger partial charge >= 0.3 is 6.09 Å². The van der Waals surface area contributed by atoms with Gasteiger partial charge in [0.05, 0.1) is 12.1 Å². The Kier molecular flexibility index (Phi) is 13.7. The van der Waals surface area contributed by atoms with E-state index in [-0.39, 0.29) is 28.2 Å². The molecule has 3 aliphatic rings. The van der Waals surface area contributed by atoms with Crippen molar-refractivity contribution in [1.82, 2.24) is 10.2 Å². The Balaban J connectivity index is 1.50. The van der Waals surface area contributed by atoms with Crippen molar-refractivity contribution >= 4 is 23.4 Å². The molecule has 0 bridgehead atoms. The van der Waals surface area contributed by atoms with Gasteiger partial charge < -0.3 is 29.5 Å². The van der Waals surface area contributed by atoms with Crippen molar-refractivity contribution in [3.63, 3.8) is 0 Å². The van der Waals surface area contributed by atoms with E-state index < -0.39 is 17.7 Å². The molecule has 2 aromatic carbocycles. The first-order valence-electron chi connectivity index (χ1n) is 21.7. The van der Waals surface area contributed by atoms with E-state index in [9.17, 15) is 9.59 Å². The number of anilines is 2. The van der Waals surface area contributed by atoms with Crippen LogP contribution in [-0.4, -0.2) is 67.4 Å². The average molecular weight is 793 g/mol. The molecule has 2 unspecified atom stereocenters. The largest absolute Gasteiger partial charge is 0.491 e. The number of alkyl carbamates (subject to hydrolysis) is 1. The Morgan fingerprint density at radius 1 is 0.897 bits per heavy atom. The molecule has 2 amide bonds. The number of hydrogen-bond donors (Lipinski definition) is 1. The lowest BCUT2D eigenvalue weighted by atomic mass is 9.70. The number of rotatable bonds is 14. The van der Waals surface area contributed by atoms with Gasteiger partial charge in [0, 0.05) is 48.0 Å². The zero-order valence-corrected chi connectivity index (χ0v) is 37.9. The van der Waals surface area contributed by atoms with E-state index in [2.05, 4.69) is 136 Å². The van der Waals surface area contributed by atoms with Gasteiger partial charge in [-0.2, -0.15) is 0 Å². The number of hydrogen-bond acceptors (Lipinski definition) is 6. The Labute approximate surface area is 350 Å². The van der Waals surface area contributed by atoms with E-state index >= 15 is 0 Å². The second-order valence-corrected chi connectivity index (χ2v) is 19.0. The molecular formula is C50H72N4O4. The molecule has 2 aliphatic heterocycles. The van der Waals surface area contributed by atoms with Gasteiger partial charge in [-0.3, -0.25) is 4.79 Å². The fourth-order valence-electron chi connectivity index (χ4n) is 9.01. The molecule has 8 heteroatoms. The third-order valence-electron chi connectivity index (χ3n) is 12.6. The van der Waals surface area contributed by atoms with E-state index in [0.717, 1.165) is 51.0 Å². The first-order chi connectivity index (χ1) is 27.3. The number of carbonyl (C=O) groups is 2. The van der Waals surface area contributed by atoms with E-state index in [1.807, 2.05) is 34.6 Å². The smallest absolute Gasteiger partial charge is 0.408 e. The minimum absolute atomic E-state index is 0.121. The van der Waals surface area contributed by atoms with Gasteiger partial charge in [0.25, 0.3) is 0 Å². The molecular weight excluding hydrogens is 721 g/mol. The van der Waals surface area contributed by atoms with Crippen LogP contribution in [0.25, 0.3) is 0 Å². The highest BCUT2D eigenvalue weighted by atomic mass is 16.6. The van der Waals surface area contributed by atoms with Crippen molar-refractivity contribution in [2.75, 3.05) is 43.1 Å². The van der Waals surface area contributed by atoms with Crippen molar-refractivity contribution in [1.29, 1.82) is 0 Å². The van der Waals surface area contributed by atoms with Crippen LogP contribution in [0.15, 0.2) is 95.4 Å². The van der Waals surface area contributed by atoms with Gasteiger partial charge in [-0.05, 0) is 106 Å². The van der Waals surface area contributed by atoms with Crippen LogP contribution in [0.2, 0.25) is 0 Å². The Hall–Kier alpha value is -4.46. The van der Waals surface area contributed by atoms with Gasteiger partial charge in [0.15, 0.2) is 0 Å². The van der Waals surface area contributed by atoms with Crippen LogP contribution < -0.4 is 15.1 Å². The number of likely N-dealkylation sites (N-methyl/N-ethyl adjacent to an activating group) is 1. The predicted octanol–water partition coefficient (Wildman–Crippen LogP) is 11.0.